The summed E-state index contributed by atoms with van der Waals surface area (Å²) in [4.78, 5) is 29.4. The van der Waals surface area contributed by atoms with E-state index in [1.54, 1.807) is 7.11 Å². The minimum Gasteiger partial charge on any atom is -0.473 e. The summed E-state index contributed by atoms with van der Waals surface area (Å²) in [6, 6.07) is 0. The monoisotopic (exact) mass is 306 g/mol. The summed E-state index contributed by atoms with van der Waals surface area (Å²) in [5.74, 6) is -3.64. The van der Waals surface area contributed by atoms with Gasteiger partial charge in [-0.25, -0.2) is 9.59 Å². The molecule has 1 heterocycles. The van der Waals surface area contributed by atoms with E-state index in [0.29, 0.717) is 19.7 Å². The van der Waals surface area contributed by atoms with Crippen LogP contribution in [0.3, 0.4) is 0 Å². The van der Waals surface area contributed by atoms with Gasteiger partial charge in [-0.05, 0) is 12.8 Å². The number of ether oxygens (including phenoxy) is 2. The largest absolute Gasteiger partial charge is 0.473 e. The molecule has 0 aromatic heterocycles. The minimum absolute atomic E-state index is 0.00467. The molecule has 1 aliphatic heterocycles. The van der Waals surface area contributed by atoms with Crippen LogP contribution in [0.1, 0.15) is 12.8 Å². The minimum atomic E-state index is -1.82. The van der Waals surface area contributed by atoms with Gasteiger partial charge in [0.15, 0.2) is 0 Å². The number of rotatable bonds is 7. The van der Waals surface area contributed by atoms with E-state index in [9.17, 15) is 4.79 Å². The zero-order valence-corrected chi connectivity index (χ0v) is 12.0. The molecule has 1 saturated heterocycles. The molecule has 1 fully saturated rings. The number of carboxylic acid groups (broad SMARTS) is 2. The Morgan fingerprint density at radius 2 is 1.95 bits per heavy atom. The van der Waals surface area contributed by atoms with Gasteiger partial charge < -0.3 is 30.3 Å². The summed E-state index contributed by atoms with van der Waals surface area (Å²) in [5, 5.41) is 20.6. The van der Waals surface area contributed by atoms with E-state index in [2.05, 4.69) is 10.6 Å². The van der Waals surface area contributed by atoms with E-state index in [-0.39, 0.29) is 12.0 Å². The van der Waals surface area contributed by atoms with E-state index < -0.39 is 11.9 Å². The van der Waals surface area contributed by atoms with Crippen LogP contribution in [0, 0.1) is 0 Å². The molecule has 0 spiro atoms. The van der Waals surface area contributed by atoms with E-state index in [0.717, 1.165) is 26.0 Å². The molecule has 21 heavy (non-hydrogen) atoms. The van der Waals surface area contributed by atoms with E-state index in [1.807, 2.05) is 0 Å². The number of amides is 1. The fourth-order valence-corrected chi connectivity index (χ4v) is 1.51. The Morgan fingerprint density at radius 1 is 1.29 bits per heavy atom. The maximum Gasteiger partial charge on any atom is 0.414 e. The molecule has 4 N–H and O–H groups in total. The molecule has 0 bridgehead atoms. The standard InChI is InChI=1S/C10H20N2O3.C2H2O4/c1-14-6-4-12-10(13)8-11-7-9-3-2-5-15-9;3-1(4)2(5)6/h9,11H,2-8H2,1H3,(H,12,13);(H,3,4)(H,5,6). The van der Waals surface area contributed by atoms with Crippen LogP contribution < -0.4 is 10.6 Å². The Bertz CT molecular complexity index is 318. The second-order valence-corrected chi connectivity index (χ2v) is 4.22. The van der Waals surface area contributed by atoms with Crippen LogP contribution in [-0.2, 0) is 23.9 Å². The predicted molar refractivity (Wildman–Crippen MR) is 72.0 cm³/mol. The van der Waals surface area contributed by atoms with Gasteiger partial charge in [-0.3, -0.25) is 4.79 Å². The molecule has 0 radical (unpaired) electrons. The summed E-state index contributed by atoms with van der Waals surface area (Å²) in [7, 11) is 1.61. The number of methoxy groups -OCH3 is 1. The van der Waals surface area contributed by atoms with Gasteiger partial charge in [0.2, 0.25) is 5.91 Å². The maximum atomic E-state index is 11.2. The first kappa shape index (κ1) is 19.3. The molecular weight excluding hydrogens is 284 g/mol. The first-order valence-electron chi connectivity index (χ1n) is 6.51. The summed E-state index contributed by atoms with van der Waals surface area (Å²) in [5.41, 5.74) is 0. The van der Waals surface area contributed by atoms with Gasteiger partial charge in [0.1, 0.15) is 0 Å². The molecule has 1 aliphatic rings. The first-order chi connectivity index (χ1) is 9.97. The van der Waals surface area contributed by atoms with Crippen molar-refractivity contribution in [2.75, 3.05) is 40.0 Å². The molecule has 0 aromatic rings. The summed E-state index contributed by atoms with van der Waals surface area (Å²) < 4.78 is 10.2. The molecule has 0 aromatic carbocycles. The highest BCUT2D eigenvalue weighted by Crippen LogP contribution is 2.10. The quantitative estimate of drug-likeness (QED) is 0.336. The van der Waals surface area contributed by atoms with Crippen molar-refractivity contribution in [1.82, 2.24) is 10.6 Å². The number of carboxylic acids is 2. The number of hydrogen-bond donors (Lipinski definition) is 4. The summed E-state index contributed by atoms with van der Waals surface area (Å²) in [6.07, 6.45) is 2.52. The Labute approximate surface area is 122 Å². The predicted octanol–water partition coefficient (Wildman–Crippen LogP) is -1.33. The maximum absolute atomic E-state index is 11.2. The van der Waals surface area contributed by atoms with E-state index >= 15 is 0 Å². The number of nitrogens with one attached hydrogen (secondary N) is 2. The van der Waals surface area contributed by atoms with Crippen LogP contribution in [0.4, 0.5) is 0 Å². The highest BCUT2D eigenvalue weighted by atomic mass is 16.5. The van der Waals surface area contributed by atoms with Crippen LogP contribution >= 0.6 is 0 Å². The Kier molecular flexibility index (Phi) is 11.1. The zero-order chi connectivity index (χ0) is 16.1. The number of carbonyl (C=O) groups is 3. The second-order valence-electron chi connectivity index (χ2n) is 4.22. The molecule has 9 heteroatoms. The third-order valence-corrected chi connectivity index (χ3v) is 2.49. The van der Waals surface area contributed by atoms with Crippen molar-refractivity contribution in [3.8, 4) is 0 Å². The van der Waals surface area contributed by atoms with Crippen LogP contribution in [0.25, 0.3) is 0 Å². The van der Waals surface area contributed by atoms with Crippen LogP contribution in [0.2, 0.25) is 0 Å². The van der Waals surface area contributed by atoms with Gasteiger partial charge in [-0.1, -0.05) is 0 Å². The van der Waals surface area contributed by atoms with E-state index in [1.165, 1.54) is 0 Å². The van der Waals surface area contributed by atoms with Gasteiger partial charge in [-0.15, -0.1) is 0 Å². The number of carbonyl (C=O) groups excluding carboxylic acids is 1. The van der Waals surface area contributed by atoms with Crippen molar-refractivity contribution in [2.45, 2.75) is 18.9 Å². The van der Waals surface area contributed by atoms with Crippen molar-refractivity contribution in [3.05, 3.63) is 0 Å². The molecule has 1 rings (SSSR count). The molecule has 1 unspecified atom stereocenters. The second kappa shape index (κ2) is 12.1. The molecular formula is C12H22N2O7. The molecule has 1 atom stereocenters. The first-order valence-corrected chi connectivity index (χ1v) is 6.51. The molecule has 1 amide bonds. The Morgan fingerprint density at radius 3 is 2.43 bits per heavy atom. The SMILES string of the molecule is COCCNC(=O)CNCC1CCCO1.O=C(O)C(=O)O. The average Bonchev–Trinajstić information content (AvgIpc) is 2.93. The molecule has 122 valence electrons. The van der Waals surface area contributed by atoms with Gasteiger partial charge in [0, 0.05) is 26.8 Å². The zero-order valence-electron chi connectivity index (χ0n) is 12.0. The lowest BCUT2D eigenvalue weighted by Gasteiger charge is -2.10. The van der Waals surface area contributed by atoms with Crippen molar-refractivity contribution >= 4 is 17.8 Å². The fourth-order valence-electron chi connectivity index (χ4n) is 1.51. The van der Waals surface area contributed by atoms with Crippen LogP contribution in [0.15, 0.2) is 0 Å². The topological polar surface area (TPSA) is 134 Å². The molecule has 9 nitrogen and oxygen atoms in total. The lowest BCUT2D eigenvalue weighted by molar-refractivity contribution is -0.159. The lowest BCUT2D eigenvalue weighted by Crippen LogP contribution is -2.38. The van der Waals surface area contributed by atoms with Crippen LogP contribution in [-0.4, -0.2) is 74.1 Å². The molecule has 0 saturated carbocycles. The summed E-state index contributed by atoms with van der Waals surface area (Å²) >= 11 is 0. The fraction of sp³-hybridized carbons (Fsp3) is 0.750. The van der Waals surface area contributed by atoms with Crippen molar-refractivity contribution in [3.63, 3.8) is 0 Å². The average molecular weight is 306 g/mol. The number of aliphatic carboxylic acids is 2. The third-order valence-electron chi connectivity index (χ3n) is 2.49. The van der Waals surface area contributed by atoms with Gasteiger partial charge in [0.05, 0.1) is 19.3 Å². The molecule has 0 aliphatic carbocycles. The highest BCUT2D eigenvalue weighted by Gasteiger charge is 2.14. The summed E-state index contributed by atoms with van der Waals surface area (Å²) in [6.45, 7) is 3.09. The van der Waals surface area contributed by atoms with Crippen molar-refractivity contribution in [2.24, 2.45) is 0 Å². The normalized spacial score (nSPS) is 16.7. The lowest BCUT2D eigenvalue weighted by atomic mass is 10.2. The third kappa shape index (κ3) is 11.8. The van der Waals surface area contributed by atoms with E-state index in [4.69, 9.17) is 29.3 Å². The van der Waals surface area contributed by atoms with Gasteiger partial charge >= 0.3 is 11.9 Å². The van der Waals surface area contributed by atoms with Gasteiger partial charge in [0.25, 0.3) is 0 Å². The van der Waals surface area contributed by atoms with Gasteiger partial charge in [-0.2, -0.15) is 0 Å². The Balaban J connectivity index is 0.000000567. The van der Waals surface area contributed by atoms with Crippen molar-refractivity contribution < 1.29 is 34.1 Å². The van der Waals surface area contributed by atoms with Crippen LogP contribution in [0.5, 0.6) is 0 Å². The Hall–Kier alpha value is -1.71. The smallest absolute Gasteiger partial charge is 0.414 e. The highest BCUT2D eigenvalue weighted by molar-refractivity contribution is 6.27. The van der Waals surface area contributed by atoms with Crippen molar-refractivity contribution in [1.29, 1.82) is 0 Å². The number of hydrogen-bond acceptors (Lipinski definition) is 6.